The Hall–Kier alpha value is -0.120. The van der Waals surface area contributed by atoms with Gasteiger partial charge in [-0.15, -0.1) is 0 Å². The Morgan fingerprint density at radius 3 is 2.67 bits per heavy atom. The molecule has 0 bridgehead atoms. The number of nitrogens with one attached hydrogen (secondary N) is 1. The van der Waals surface area contributed by atoms with Crippen molar-refractivity contribution in [1.82, 2.24) is 15.1 Å². The van der Waals surface area contributed by atoms with Gasteiger partial charge in [0.25, 0.3) is 0 Å². The van der Waals surface area contributed by atoms with Crippen LogP contribution in [0.15, 0.2) is 0 Å². The summed E-state index contributed by atoms with van der Waals surface area (Å²) in [6.07, 6.45) is 5.49. The molecule has 2 aliphatic rings. The normalized spacial score (nSPS) is 27.2. The topological polar surface area (TPSA) is 18.5 Å². The second-order valence-corrected chi connectivity index (χ2v) is 7.02. The zero-order chi connectivity index (χ0) is 13.0. The van der Waals surface area contributed by atoms with Gasteiger partial charge in [-0.05, 0) is 79.2 Å². The Morgan fingerprint density at radius 2 is 1.89 bits per heavy atom. The van der Waals surface area contributed by atoms with Crippen molar-refractivity contribution in [1.29, 1.82) is 0 Å². The van der Waals surface area contributed by atoms with E-state index in [1.807, 2.05) is 0 Å². The molecule has 1 N–H and O–H groups in total. The molecule has 2 aliphatic heterocycles. The molecule has 2 fully saturated rings. The van der Waals surface area contributed by atoms with Crippen LogP contribution in [0.5, 0.6) is 0 Å². The summed E-state index contributed by atoms with van der Waals surface area (Å²) in [6.45, 7) is 14.5. The van der Waals surface area contributed by atoms with E-state index in [4.69, 9.17) is 0 Å². The molecule has 1 atom stereocenters. The van der Waals surface area contributed by atoms with Crippen LogP contribution >= 0.6 is 0 Å². The molecule has 0 aromatic heterocycles. The van der Waals surface area contributed by atoms with Gasteiger partial charge >= 0.3 is 0 Å². The maximum absolute atomic E-state index is 3.59. The zero-order valence-electron chi connectivity index (χ0n) is 12.5. The first-order valence-electron chi connectivity index (χ1n) is 7.76. The first-order chi connectivity index (χ1) is 8.54. The molecule has 2 rings (SSSR count). The standard InChI is InChI=1S/C15H31N3/c1-15(2,3)16-8-5-9-17-10-6-12-18-11-4-7-14(18)13-17/h14,16H,4-13H2,1-3H3. The van der Waals surface area contributed by atoms with Crippen molar-refractivity contribution in [2.24, 2.45) is 0 Å². The second-order valence-electron chi connectivity index (χ2n) is 7.02. The van der Waals surface area contributed by atoms with Gasteiger partial charge in [-0.1, -0.05) is 0 Å². The molecule has 0 aromatic rings. The third-order valence-electron chi connectivity index (χ3n) is 4.19. The molecule has 0 amide bonds. The Bertz CT molecular complexity index is 247. The van der Waals surface area contributed by atoms with E-state index >= 15 is 0 Å². The average Bonchev–Trinajstić information content (AvgIpc) is 2.62. The third kappa shape index (κ3) is 4.52. The highest BCUT2D eigenvalue weighted by atomic mass is 15.3. The Morgan fingerprint density at radius 1 is 1.11 bits per heavy atom. The monoisotopic (exact) mass is 253 g/mol. The van der Waals surface area contributed by atoms with Crippen LogP contribution in [0.4, 0.5) is 0 Å². The van der Waals surface area contributed by atoms with E-state index in [0.29, 0.717) is 0 Å². The predicted octanol–water partition coefficient (Wildman–Crippen LogP) is 1.93. The minimum Gasteiger partial charge on any atom is -0.312 e. The lowest BCUT2D eigenvalue weighted by Gasteiger charge is -2.26. The van der Waals surface area contributed by atoms with Gasteiger partial charge in [0.1, 0.15) is 0 Å². The zero-order valence-corrected chi connectivity index (χ0v) is 12.5. The Balaban J connectivity index is 1.66. The van der Waals surface area contributed by atoms with Gasteiger partial charge in [0.05, 0.1) is 0 Å². The van der Waals surface area contributed by atoms with E-state index in [1.165, 1.54) is 58.4 Å². The van der Waals surface area contributed by atoms with E-state index in [0.717, 1.165) is 12.6 Å². The molecule has 1 unspecified atom stereocenters. The lowest BCUT2D eigenvalue weighted by molar-refractivity contribution is 0.217. The Labute approximate surface area is 113 Å². The van der Waals surface area contributed by atoms with Crippen LogP contribution in [0.3, 0.4) is 0 Å². The lowest BCUT2D eigenvalue weighted by Crippen LogP contribution is -2.40. The van der Waals surface area contributed by atoms with Gasteiger partial charge in [0.15, 0.2) is 0 Å². The number of nitrogens with zero attached hydrogens (tertiary/aromatic N) is 2. The predicted molar refractivity (Wildman–Crippen MR) is 78.0 cm³/mol. The molecule has 3 heteroatoms. The van der Waals surface area contributed by atoms with E-state index in [-0.39, 0.29) is 5.54 Å². The van der Waals surface area contributed by atoms with Crippen LogP contribution in [0.25, 0.3) is 0 Å². The highest BCUT2D eigenvalue weighted by molar-refractivity contribution is 4.85. The lowest BCUT2D eigenvalue weighted by atomic mass is 10.1. The molecule has 18 heavy (non-hydrogen) atoms. The number of hydrogen-bond acceptors (Lipinski definition) is 3. The van der Waals surface area contributed by atoms with Crippen molar-refractivity contribution < 1.29 is 0 Å². The highest BCUT2D eigenvalue weighted by Crippen LogP contribution is 2.21. The highest BCUT2D eigenvalue weighted by Gasteiger charge is 2.28. The molecule has 106 valence electrons. The molecule has 2 heterocycles. The molecule has 0 aliphatic carbocycles. The van der Waals surface area contributed by atoms with Crippen molar-refractivity contribution in [2.75, 3.05) is 39.3 Å². The first kappa shape index (κ1) is 14.3. The summed E-state index contributed by atoms with van der Waals surface area (Å²) < 4.78 is 0. The van der Waals surface area contributed by atoms with E-state index in [2.05, 4.69) is 35.9 Å². The summed E-state index contributed by atoms with van der Waals surface area (Å²) in [7, 11) is 0. The first-order valence-corrected chi connectivity index (χ1v) is 7.76. The second kappa shape index (κ2) is 6.36. The molecular formula is C15H31N3. The van der Waals surface area contributed by atoms with Gasteiger partial charge < -0.3 is 10.2 Å². The molecule has 0 spiro atoms. The quantitative estimate of drug-likeness (QED) is 0.773. The maximum Gasteiger partial charge on any atom is 0.0223 e. The van der Waals surface area contributed by atoms with E-state index in [1.54, 1.807) is 0 Å². The fourth-order valence-electron chi connectivity index (χ4n) is 3.25. The summed E-state index contributed by atoms with van der Waals surface area (Å²) >= 11 is 0. The van der Waals surface area contributed by atoms with Crippen molar-refractivity contribution in [3.63, 3.8) is 0 Å². The van der Waals surface area contributed by atoms with Crippen LogP contribution in [-0.4, -0.2) is 60.6 Å². The van der Waals surface area contributed by atoms with E-state index in [9.17, 15) is 0 Å². The van der Waals surface area contributed by atoms with Gasteiger partial charge in [-0.3, -0.25) is 4.90 Å². The molecule has 0 saturated carbocycles. The van der Waals surface area contributed by atoms with Crippen LogP contribution in [-0.2, 0) is 0 Å². The van der Waals surface area contributed by atoms with Gasteiger partial charge in [0, 0.05) is 18.1 Å². The summed E-state index contributed by atoms with van der Waals surface area (Å²) in [5.41, 5.74) is 0.265. The van der Waals surface area contributed by atoms with Gasteiger partial charge in [0.2, 0.25) is 0 Å². The summed E-state index contributed by atoms with van der Waals surface area (Å²) in [5.74, 6) is 0. The largest absolute Gasteiger partial charge is 0.312 e. The van der Waals surface area contributed by atoms with Gasteiger partial charge in [-0.2, -0.15) is 0 Å². The SMILES string of the molecule is CC(C)(C)NCCCN1CCCN2CCCC2C1. The fraction of sp³-hybridized carbons (Fsp3) is 1.00. The molecular weight excluding hydrogens is 222 g/mol. The van der Waals surface area contributed by atoms with Crippen molar-refractivity contribution in [3.05, 3.63) is 0 Å². The summed E-state index contributed by atoms with van der Waals surface area (Å²) in [5, 5.41) is 3.59. The van der Waals surface area contributed by atoms with Crippen LogP contribution in [0, 0.1) is 0 Å². The fourth-order valence-corrected chi connectivity index (χ4v) is 3.25. The molecule has 2 saturated heterocycles. The molecule has 3 nitrogen and oxygen atoms in total. The van der Waals surface area contributed by atoms with Crippen molar-refractivity contribution in [3.8, 4) is 0 Å². The molecule has 0 aromatic carbocycles. The van der Waals surface area contributed by atoms with Crippen LogP contribution in [0.1, 0.15) is 46.5 Å². The minimum absolute atomic E-state index is 0.265. The summed E-state index contributed by atoms with van der Waals surface area (Å²) in [6, 6.07) is 0.864. The average molecular weight is 253 g/mol. The molecule has 0 radical (unpaired) electrons. The maximum atomic E-state index is 3.59. The van der Waals surface area contributed by atoms with E-state index < -0.39 is 0 Å². The smallest absolute Gasteiger partial charge is 0.0223 e. The van der Waals surface area contributed by atoms with Crippen LogP contribution in [0.2, 0.25) is 0 Å². The van der Waals surface area contributed by atoms with Crippen molar-refractivity contribution >= 4 is 0 Å². The number of fused-ring (bicyclic) bond motifs is 1. The van der Waals surface area contributed by atoms with Crippen LogP contribution < -0.4 is 5.32 Å². The van der Waals surface area contributed by atoms with Crippen molar-refractivity contribution in [2.45, 2.75) is 58.0 Å². The minimum atomic E-state index is 0.265. The summed E-state index contributed by atoms with van der Waals surface area (Å²) in [4.78, 5) is 5.41. The number of rotatable bonds is 4. The third-order valence-corrected chi connectivity index (χ3v) is 4.19. The Kier molecular flexibility index (Phi) is 5.05. The van der Waals surface area contributed by atoms with Gasteiger partial charge in [-0.25, -0.2) is 0 Å². The number of hydrogen-bond donors (Lipinski definition) is 1.